The highest BCUT2D eigenvalue weighted by atomic mass is 79.9. The van der Waals surface area contributed by atoms with Crippen molar-refractivity contribution in [2.75, 3.05) is 12.4 Å². The molecule has 0 atom stereocenters. The molecular formula is C17H12Br4N2O3S. The van der Waals surface area contributed by atoms with Gasteiger partial charge in [-0.2, -0.15) is 0 Å². The number of benzene rings is 2. The Kier molecular flexibility index (Phi) is 8.29. The third-order valence-corrected chi connectivity index (χ3v) is 5.63. The van der Waals surface area contributed by atoms with E-state index in [-0.39, 0.29) is 10.9 Å². The first kappa shape index (κ1) is 22.4. The summed E-state index contributed by atoms with van der Waals surface area (Å²) in [5.74, 6) is 0.289. The molecule has 0 radical (unpaired) electrons. The predicted octanol–water partition coefficient (Wildman–Crippen LogP) is 5.98. The van der Waals surface area contributed by atoms with Crippen LogP contribution in [0, 0.1) is 0 Å². The summed E-state index contributed by atoms with van der Waals surface area (Å²) >= 11 is 18.4. The smallest absolute Gasteiger partial charge is 0.250 e. The van der Waals surface area contributed by atoms with Crippen LogP contribution in [0.2, 0.25) is 0 Å². The van der Waals surface area contributed by atoms with Gasteiger partial charge < -0.3 is 15.2 Å². The molecule has 5 nitrogen and oxygen atoms in total. The van der Waals surface area contributed by atoms with Gasteiger partial charge >= 0.3 is 0 Å². The molecule has 2 aromatic carbocycles. The molecule has 0 bridgehead atoms. The van der Waals surface area contributed by atoms with Crippen molar-refractivity contribution in [1.82, 2.24) is 5.32 Å². The van der Waals surface area contributed by atoms with E-state index >= 15 is 0 Å². The number of hydrogen-bond donors (Lipinski definition) is 3. The minimum atomic E-state index is -0.400. The number of nitrogens with one attached hydrogen (secondary N) is 2. The lowest BCUT2D eigenvalue weighted by molar-refractivity contribution is -0.115. The van der Waals surface area contributed by atoms with E-state index in [0.717, 1.165) is 14.5 Å². The number of amides is 1. The zero-order valence-corrected chi connectivity index (χ0v) is 20.8. The quantitative estimate of drug-likeness (QED) is 0.217. The summed E-state index contributed by atoms with van der Waals surface area (Å²) in [6, 6.07) is 6.95. The fourth-order valence-corrected chi connectivity index (χ4v) is 4.86. The van der Waals surface area contributed by atoms with Crippen LogP contribution in [0.3, 0.4) is 0 Å². The van der Waals surface area contributed by atoms with Crippen LogP contribution in [0.15, 0.2) is 48.2 Å². The van der Waals surface area contributed by atoms with Crippen LogP contribution >= 0.6 is 75.9 Å². The standard InChI is InChI=1S/C17H12Br4N2O3S/c1-26-16-8(4-9(18)5-13(16)21)2-3-14(24)23-17(27)22-10-6-11(19)15(25)12(20)7-10/h2-7,25H,1H3,(H2,22,23,24,27)/b3-2+. The van der Waals surface area contributed by atoms with Gasteiger partial charge in [-0.25, -0.2) is 0 Å². The Morgan fingerprint density at radius 1 is 1.11 bits per heavy atom. The fourth-order valence-electron chi connectivity index (χ4n) is 2.04. The topological polar surface area (TPSA) is 70.6 Å². The zero-order chi connectivity index (χ0) is 20.1. The number of rotatable bonds is 4. The number of phenolic OH excluding ortho intramolecular Hbond substituents is 1. The number of carbonyl (C=O) groups excluding carboxylic acids is 1. The Balaban J connectivity index is 2.05. The maximum absolute atomic E-state index is 12.1. The molecule has 1 amide bonds. The fraction of sp³-hybridized carbons (Fsp3) is 0.0588. The number of thiocarbonyl (C=S) groups is 1. The first-order valence-corrected chi connectivity index (χ1v) is 10.8. The third-order valence-electron chi connectivity index (χ3n) is 3.17. The number of halogens is 4. The van der Waals surface area contributed by atoms with Gasteiger partial charge in [0.15, 0.2) is 5.11 Å². The molecule has 3 N–H and O–H groups in total. The largest absolute Gasteiger partial charge is 0.506 e. The molecule has 142 valence electrons. The van der Waals surface area contributed by atoms with Gasteiger partial charge in [0.05, 0.1) is 20.5 Å². The molecule has 0 saturated carbocycles. The second-order valence-corrected chi connectivity index (χ2v) is 8.96. The average molecular weight is 644 g/mol. The molecule has 0 heterocycles. The molecule has 0 aliphatic carbocycles. The minimum Gasteiger partial charge on any atom is -0.506 e. The second-order valence-electron chi connectivity index (χ2n) is 5.08. The maximum Gasteiger partial charge on any atom is 0.250 e. The molecule has 0 aromatic heterocycles. The lowest BCUT2D eigenvalue weighted by Gasteiger charge is -2.10. The van der Waals surface area contributed by atoms with Gasteiger partial charge in [-0.3, -0.25) is 10.1 Å². The number of methoxy groups -OCH3 is 1. The Hall–Kier alpha value is -0.940. The van der Waals surface area contributed by atoms with E-state index in [1.165, 1.54) is 6.08 Å². The lowest BCUT2D eigenvalue weighted by atomic mass is 10.2. The zero-order valence-electron chi connectivity index (χ0n) is 13.6. The van der Waals surface area contributed by atoms with Crippen LogP contribution in [0.1, 0.15) is 5.56 Å². The first-order valence-electron chi connectivity index (χ1n) is 7.22. The number of hydrogen-bond acceptors (Lipinski definition) is 4. The van der Waals surface area contributed by atoms with Gasteiger partial charge in [-0.1, -0.05) is 15.9 Å². The highest BCUT2D eigenvalue weighted by molar-refractivity contribution is 9.11. The number of aromatic hydroxyl groups is 1. The van der Waals surface area contributed by atoms with Crippen LogP contribution < -0.4 is 15.4 Å². The first-order chi connectivity index (χ1) is 12.7. The summed E-state index contributed by atoms with van der Waals surface area (Å²) in [5, 5.41) is 15.3. The molecule has 2 aromatic rings. The van der Waals surface area contributed by atoms with Crippen LogP contribution in [-0.4, -0.2) is 23.2 Å². The molecule has 0 aliphatic rings. The lowest BCUT2D eigenvalue weighted by Crippen LogP contribution is -2.32. The SMILES string of the molecule is COc1c(Br)cc(Br)cc1/C=C/C(=O)NC(=S)Nc1cc(Br)c(O)c(Br)c1. The van der Waals surface area contributed by atoms with E-state index in [9.17, 15) is 9.90 Å². The van der Waals surface area contributed by atoms with Gasteiger partial charge in [-0.05, 0) is 90.3 Å². The minimum absolute atomic E-state index is 0.0765. The van der Waals surface area contributed by atoms with E-state index in [2.05, 4.69) is 74.4 Å². The molecule has 2 rings (SSSR count). The van der Waals surface area contributed by atoms with Gasteiger partial charge in [0, 0.05) is 21.8 Å². The van der Waals surface area contributed by atoms with Crippen molar-refractivity contribution in [1.29, 1.82) is 0 Å². The van der Waals surface area contributed by atoms with Crippen LogP contribution in [-0.2, 0) is 4.79 Å². The van der Waals surface area contributed by atoms with Crippen molar-refractivity contribution in [3.63, 3.8) is 0 Å². The average Bonchev–Trinajstić information content (AvgIpc) is 2.57. The molecule has 0 fully saturated rings. The number of anilines is 1. The highest BCUT2D eigenvalue weighted by Crippen LogP contribution is 2.35. The van der Waals surface area contributed by atoms with Crippen molar-refractivity contribution in [3.8, 4) is 11.5 Å². The van der Waals surface area contributed by atoms with E-state index in [1.807, 2.05) is 12.1 Å². The molecular weight excluding hydrogens is 632 g/mol. The van der Waals surface area contributed by atoms with E-state index < -0.39 is 5.91 Å². The second kappa shape index (κ2) is 10.0. The summed E-state index contributed by atoms with van der Waals surface area (Å²) in [7, 11) is 1.55. The Morgan fingerprint density at radius 2 is 1.74 bits per heavy atom. The molecule has 0 spiro atoms. The Labute approximate surface area is 195 Å². The number of ether oxygens (including phenoxy) is 1. The maximum atomic E-state index is 12.1. The number of carbonyl (C=O) groups is 1. The van der Waals surface area contributed by atoms with Gasteiger partial charge in [0.1, 0.15) is 11.5 Å². The van der Waals surface area contributed by atoms with Crippen LogP contribution in [0.5, 0.6) is 11.5 Å². The van der Waals surface area contributed by atoms with Gasteiger partial charge in [-0.15, -0.1) is 0 Å². The highest BCUT2D eigenvalue weighted by Gasteiger charge is 2.09. The Bertz CT molecular complexity index is 912. The molecule has 0 saturated heterocycles. The van der Waals surface area contributed by atoms with Crippen molar-refractivity contribution >= 4 is 98.7 Å². The molecule has 0 unspecified atom stereocenters. The normalized spacial score (nSPS) is 10.7. The third kappa shape index (κ3) is 6.28. The molecule has 0 aliphatic heterocycles. The van der Waals surface area contributed by atoms with Gasteiger partial charge in [0.25, 0.3) is 0 Å². The van der Waals surface area contributed by atoms with Crippen LogP contribution in [0.4, 0.5) is 5.69 Å². The summed E-state index contributed by atoms with van der Waals surface area (Å²) in [6.45, 7) is 0. The van der Waals surface area contributed by atoms with Gasteiger partial charge in [0.2, 0.25) is 5.91 Å². The summed E-state index contributed by atoms with van der Waals surface area (Å²) in [6.07, 6.45) is 2.98. The van der Waals surface area contributed by atoms with E-state index in [1.54, 1.807) is 25.3 Å². The number of phenols is 1. The van der Waals surface area contributed by atoms with Crippen molar-refractivity contribution < 1.29 is 14.6 Å². The monoisotopic (exact) mass is 640 g/mol. The summed E-state index contributed by atoms with van der Waals surface area (Å²) in [4.78, 5) is 12.1. The van der Waals surface area contributed by atoms with Crippen molar-refractivity contribution in [2.24, 2.45) is 0 Å². The van der Waals surface area contributed by atoms with Crippen molar-refractivity contribution in [3.05, 3.63) is 53.8 Å². The summed E-state index contributed by atoms with van der Waals surface area (Å²) in [5.41, 5.74) is 1.32. The van der Waals surface area contributed by atoms with E-state index in [4.69, 9.17) is 17.0 Å². The van der Waals surface area contributed by atoms with E-state index in [0.29, 0.717) is 20.4 Å². The molecule has 10 heteroatoms. The van der Waals surface area contributed by atoms with Crippen LogP contribution in [0.25, 0.3) is 6.08 Å². The molecule has 27 heavy (non-hydrogen) atoms. The summed E-state index contributed by atoms with van der Waals surface area (Å²) < 4.78 is 7.92. The Morgan fingerprint density at radius 3 is 2.33 bits per heavy atom. The van der Waals surface area contributed by atoms with Crippen molar-refractivity contribution in [2.45, 2.75) is 0 Å². The predicted molar refractivity (Wildman–Crippen MR) is 125 cm³/mol.